The van der Waals surface area contributed by atoms with Gasteiger partial charge in [0.05, 0.1) is 10.2 Å². The van der Waals surface area contributed by atoms with E-state index in [2.05, 4.69) is 132 Å². The number of amidine groups is 1. The number of hydrogen-bond acceptors (Lipinski definition) is 5. The number of aliphatic imine (C=N–C) groups is 1. The van der Waals surface area contributed by atoms with Gasteiger partial charge < -0.3 is 5.32 Å². The molecule has 1 aliphatic rings. The van der Waals surface area contributed by atoms with Gasteiger partial charge in [0.25, 0.3) is 0 Å². The van der Waals surface area contributed by atoms with E-state index in [4.69, 9.17) is 9.98 Å². The Balaban J connectivity index is 1.21. The molecule has 41 heavy (non-hydrogen) atoms. The number of nitrogens with zero attached hydrogens (tertiary/aromatic N) is 2. The van der Waals surface area contributed by atoms with Crippen LogP contribution in [0.15, 0.2) is 138 Å². The van der Waals surface area contributed by atoms with Gasteiger partial charge in [-0.15, -0.1) is 11.3 Å². The lowest BCUT2D eigenvalue weighted by Gasteiger charge is -2.32. The zero-order valence-electron chi connectivity index (χ0n) is 22.2. The highest BCUT2D eigenvalue weighted by Crippen LogP contribution is 2.36. The molecule has 0 aliphatic carbocycles. The minimum absolute atomic E-state index is 0.119. The fraction of sp³-hybridized carbons (Fsp3) is 0.0556. The molecule has 0 saturated heterocycles. The van der Waals surface area contributed by atoms with E-state index in [1.165, 1.54) is 20.9 Å². The normalized spacial score (nSPS) is 17.0. The zero-order valence-corrected chi connectivity index (χ0v) is 23.0. The van der Waals surface area contributed by atoms with Gasteiger partial charge in [0.1, 0.15) is 23.2 Å². The lowest BCUT2D eigenvalue weighted by molar-refractivity contribution is 0.409. The topological polar surface area (TPSA) is 49.3 Å². The van der Waals surface area contributed by atoms with Crippen LogP contribution in [-0.4, -0.2) is 10.8 Å². The molecule has 2 N–H and O–H groups in total. The van der Waals surface area contributed by atoms with Crippen molar-refractivity contribution in [3.05, 3.63) is 150 Å². The van der Waals surface area contributed by atoms with Crippen LogP contribution in [-0.2, 0) is 0 Å². The van der Waals surface area contributed by atoms with Gasteiger partial charge >= 0.3 is 0 Å². The molecule has 0 saturated carbocycles. The van der Waals surface area contributed by atoms with E-state index >= 15 is 0 Å². The van der Waals surface area contributed by atoms with Crippen molar-refractivity contribution in [2.45, 2.75) is 12.3 Å². The molecule has 0 bridgehead atoms. The van der Waals surface area contributed by atoms with E-state index in [1.54, 1.807) is 11.3 Å². The molecule has 8 rings (SSSR count). The van der Waals surface area contributed by atoms with Crippen molar-refractivity contribution in [2.24, 2.45) is 4.99 Å². The standard InChI is InChI=1S/C36H26N4S/c1-3-10-25(11-4-1)33-38-34(26-12-5-2-6-13-26)40-35(39-33)28-17-16-24-19-20-31-32(30(24)22-28)37-36(41-31)29-18-15-23-9-7-8-14-27(23)21-29/h1-22,33,35,39H,(H,38,40). The lowest BCUT2D eigenvalue weighted by Crippen LogP contribution is -2.44. The number of aromatic nitrogens is 1. The van der Waals surface area contributed by atoms with Gasteiger partial charge in [-0.1, -0.05) is 115 Å². The fourth-order valence-electron chi connectivity index (χ4n) is 5.63. The van der Waals surface area contributed by atoms with E-state index in [-0.39, 0.29) is 12.3 Å². The summed E-state index contributed by atoms with van der Waals surface area (Å²) in [4.78, 5) is 10.2. The van der Waals surface area contributed by atoms with Crippen LogP contribution in [0.4, 0.5) is 0 Å². The lowest BCUT2D eigenvalue weighted by atomic mass is 10.0. The van der Waals surface area contributed by atoms with Gasteiger partial charge in [-0.2, -0.15) is 0 Å². The smallest absolute Gasteiger partial charge is 0.131 e. The highest BCUT2D eigenvalue weighted by Gasteiger charge is 2.25. The predicted octanol–water partition coefficient (Wildman–Crippen LogP) is 8.61. The van der Waals surface area contributed by atoms with Crippen LogP contribution in [0, 0.1) is 0 Å². The van der Waals surface area contributed by atoms with E-state index in [0.29, 0.717) is 0 Å². The number of thiazole rings is 1. The van der Waals surface area contributed by atoms with Gasteiger partial charge in [-0.05, 0) is 45.5 Å². The molecule has 0 amide bonds. The number of hydrogen-bond donors (Lipinski definition) is 2. The summed E-state index contributed by atoms with van der Waals surface area (Å²) in [6.07, 6.45) is -0.283. The van der Waals surface area contributed by atoms with Crippen molar-refractivity contribution >= 4 is 48.9 Å². The van der Waals surface area contributed by atoms with Crippen LogP contribution in [0.3, 0.4) is 0 Å². The molecule has 196 valence electrons. The van der Waals surface area contributed by atoms with Crippen molar-refractivity contribution in [3.8, 4) is 10.6 Å². The van der Waals surface area contributed by atoms with Crippen molar-refractivity contribution in [1.29, 1.82) is 0 Å². The molecule has 6 aromatic carbocycles. The molecular formula is C36H26N4S. The second-order valence-electron chi connectivity index (χ2n) is 10.4. The van der Waals surface area contributed by atoms with Crippen molar-refractivity contribution in [2.75, 3.05) is 0 Å². The fourth-order valence-corrected chi connectivity index (χ4v) is 6.61. The molecule has 0 spiro atoms. The molecule has 2 unspecified atom stereocenters. The second-order valence-corrected chi connectivity index (χ2v) is 11.4. The summed E-state index contributed by atoms with van der Waals surface area (Å²) in [5.74, 6) is 0.883. The first-order valence-corrected chi connectivity index (χ1v) is 14.6. The summed E-state index contributed by atoms with van der Waals surface area (Å²) in [7, 11) is 0. The van der Waals surface area contributed by atoms with E-state index < -0.39 is 0 Å². The third-order valence-electron chi connectivity index (χ3n) is 7.76. The largest absolute Gasteiger partial charge is 0.350 e. The quantitative estimate of drug-likeness (QED) is 0.232. The predicted molar refractivity (Wildman–Crippen MR) is 171 cm³/mol. The molecule has 1 aliphatic heterocycles. The summed E-state index contributed by atoms with van der Waals surface area (Å²) >= 11 is 1.75. The van der Waals surface area contributed by atoms with E-state index in [9.17, 15) is 0 Å². The average molecular weight is 547 g/mol. The molecule has 5 heteroatoms. The number of rotatable bonds is 4. The Morgan fingerprint density at radius 1 is 0.585 bits per heavy atom. The molecule has 7 aromatic rings. The Labute approximate surface area is 242 Å². The monoisotopic (exact) mass is 546 g/mol. The molecule has 4 nitrogen and oxygen atoms in total. The summed E-state index contributed by atoms with van der Waals surface area (Å²) in [6.45, 7) is 0. The van der Waals surface area contributed by atoms with Crippen LogP contribution in [0.1, 0.15) is 29.0 Å². The van der Waals surface area contributed by atoms with Gasteiger partial charge in [0.2, 0.25) is 0 Å². The Morgan fingerprint density at radius 2 is 1.32 bits per heavy atom. The maximum Gasteiger partial charge on any atom is 0.131 e. The molecule has 1 aromatic heterocycles. The summed E-state index contributed by atoms with van der Waals surface area (Å²) in [5, 5.41) is 13.3. The molecule has 2 heterocycles. The summed E-state index contributed by atoms with van der Waals surface area (Å²) < 4.78 is 1.19. The first-order valence-electron chi connectivity index (χ1n) is 13.8. The Bertz CT molecular complexity index is 2060. The first-order chi connectivity index (χ1) is 20.3. The van der Waals surface area contributed by atoms with E-state index in [0.717, 1.165) is 44.0 Å². The minimum Gasteiger partial charge on any atom is -0.350 e. The van der Waals surface area contributed by atoms with Crippen molar-refractivity contribution in [1.82, 2.24) is 15.6 Å². The molecule has 0 radical (unpaired) electrons. The SMILES string of the molecule is c1ccc(C2=NC(c3ccccc3)NC(c3ccc4ccc5sc(-c6ccc7ccccc7c6)nc5c4c3)N2)cc1. The maximum absolute atomic E-state index is 5.18. The zero-order chi connectivity index (χ0) is 27.2. The number of nitrogens with one attached hydrogen (secondary N) is 2. The van der Waals surface area contributed by atoms with Crippen molar-refractivity contribution in [3.63, 3.8) is 0 Å². The third-order valence-corrected chi connectivity index (χ3v) is 8.83. The van der Waals surface area contributed by atoms with Crippen LogP contribution >= 0.6 is 11.3 Å². The second kappa shape index (κ2) is 9.97. The van der Waals surface area contributed by atoms with Crippen LogP contribution in [0.5, 0.6) is 0 Å². The average Bonchev–Trinajstić information content (AvgIpc) is 3.50. The highest BCUT2D eigenvalue weighted by molar-refractivity contribution is 7.21. The third kappa shape index (κ3) is 4.45. The van der Waals surface area contributed by atoms with Gasteiger partial charge in [0, 0.05) is 16.5 Å². The van der Waals surface area contributed by atoms with Crippen molar-refractivity contribution < 1.29 is 0 Å². The van der Waals surface area contributed by atoms with E-state index in [1.807, 2.05) is 12.1 Å². The van der Waals surface area contributed by atoms with Gasteiger partial charge in [0.15, 0.2) is 0 Å². The Kier molecular flexibility index (Phi) is 5.83. The first kappa shape index (κ1) is 24.0. The van der Waals surface area contributed by atoms with Crippen LogP contribution in [0.2, 0.25) is 0 Å². The van der Waals surface area contributed by atoms with Gasteiger partial charge in [-0.25, -0.2) is 9.98 Å². The Hall–Kier alpha value is -4.84. The Morgan fingerprint density at radius 3 is 2.17 bits per heavy atom. The van der Waals surface area contributed by atoms with Crippen LogP contribution < -0.4 is 10.6 Å². The maximum atomic E-state index is 5.18. The number of fused-ring (bicyclic) bond motifs is 4. The summed E-state index contributed by atoms with van der Waals surface area (Å²) in [6, 6.07) is 46.9. The molecule has 0 fully saturated rings. The number of benzene rings is 6. The highest BCUT2D eigenvalue weighted by atomic mass is 32.1. The molecular weight excluding hydrogens is 520 g/mol. The molecule has 2 atom stereocenters. The van der Waals surface area contributed by atoms with Crippen LogP contribution in [0.25, 0.3) is 42.3 Å². The minimum atomic E-state index is -0.164. The van der Waals surface area contributed by atoms with Gasteiger partial charge in [-0.3, -0.25) is 5.32 Å². The summed E-state index contributed by atoms with van der Waals surface area (Å²) in [5.41, 5.74) is 5.55.